The molecule has 0 saturated carbocycles. The minimum Gasteiger partial charge on any atom is -0.491 e. The van der Waals surface area contributed by atoms with Crippen LogP contribution in [0.15, 0.2) is 54.6 Å². The SMILES string of the molecule is CCc1ccc(C2=C(c3ccccc3)OCCS2)cc1. The van der Waals surface area contributed by atoms with Gasteiger partial charge in [0, 0.05) is 11.3 Å². The van der Waals surface area contributed by atoms with Crippen LogP contribution in [0.1, 0.15) is 23.6 Å². The van der Waals surface area contributed by atoms with Gasteiger partial charge in [0.25, 0.3) is 0 Å². The van der Waals surface area contributed by atoms with Crippen LogP contribution in [0, 0.1) is 0 Å². The Morgan fingerprint density at radius 1 is 0.950 bits per heavy atom. The third-order valence-corrected chi connectivity index (χ3v) is 4.52. The first kappa shape index (κ1) is 13.3. The van der Waals surface area contributed by atoms with E-state index < -0.39 is 0 Å². The molecule has 0 bridgehead atoms. The minimum absolute atomic E-state index is 0.783. The molecular formula is C18H18OS. The Bertz CT molecular complexity index is 599. The van der Waals surface area contributed by atoms with Gasteiger partial charge in [0.2, 0.25) is 0 Å². The van der Waals surface area contributed by atoms with Gasteiger partial charge in [0.05, 0.1) is 11.5 Å². The van der Waals surface area contributed by atoms with Crippen molar-refractivity contribution in [2.75, 3.05) is 12.4 Å². The summed E-state index contributed by atoms with van der Waals surface area (Å²) in [5.41, 5.74) is 3.79. The van der Waals surface area contributed by atoms with Crippen molar-refractivity contribution < 1.29 is 4.74 Å². The van der Waals surface area contributed by atoms with Crippen LogP contribution < -0.4 is 0 Å². The molecule has 1 nitrogen and oxygen atoms in total. The number of rotatable bonds is 3. The Kier molecular flexibility index (Phi) is 4.12. The summed E-state index contributed by atoms with van der Waals surface area (Å²) in [6.45, 7) is 2.97. The molecule has 0 N–H and O–H groups in total. The summed E-state index contributed by atoms with van der Waals surface area (Å²) in [6, 6.07) is 19.2. The molecule has 1 aliphatic rings. The van der Waals surface area contributed by atoms with E-state index in [1.807, 2.05) is 17.8 Å². The van der Waals surface area contributed by atoms with Gasteiger partial charge in [0.1, 0.15) is 5.76 Å². The molecule has 0 radical (unpaired) electrons. The fourth-order valence-corrected chi connectivity index (χ4v) is 3.31. The molecule has 1 heterocycles. The lowest BCUT2D eigenvalue weighted by molar-refractivity contribution is 0.301. The van der Waals surface area contributed by atoms with Gasteiger partial charge < -0.3 is 4.74 Å². The first-order valence-electron chi connectivity index (χ1n) is 7.03. The number of aryl methyl sites for hydroxylation is 1. The number of benzene rings is 2. The molecule has 0 atom stereocenters. The molecule has 0 amide bonds. The van der Waals surface area contributed by atoms with Gasteiger partial charge in [-0.05, 0) is 17.5 Å². The van der Waals surface area contributed by atoms with Crippen molar-refractivity contribution in [3.05, 3.63) is 71.3 Å². The van der Waals surface area contributed by atoms with Crippen LogP contribution in [0.25, 0.3) is 10.7 Å². The summed E-state index contributed by atoms with van der Waals surface area (Å²) in [7, 11) is 0. The summed E-state index contributed by atoms with van der Waals surface area (Å²) in [5.74, 6) is 2.03. The summed E-state index contributed by atoms with van der Waals surface area (Å²) in [4.78, 5) is 1.25. The maximum Gasteiger partial charge on any atom is 0.140 e. The number of hydrogen-bond donors (Lipinski definition) is 0. The van der Waals surface area contributed by atoms with Gasteiger partial charge in [-0.3, -0.25) is 0 Å². The van der Waals surface area contributed by atoms with Crippen LogP contribution in [-0.2, 0) is 11.2 Å². The van der Waals surface area contributed by atoms with Crippen molar-refractivity contribution in [2.45, 2.75) is 13.3 Å². The second-order valence-electron chi connectivity index (χ2n) is 4.77. The quantitative estimate of drug-likeness (QED) is 0.796. The molecule has 0 fully saturated rings. The average Bonchev–Trinajstić information content (AvgIpc) is 2.56. The fraction of sp³-hybridized carbons (Fsp3) is 0.222. The van der Waals surface area contributed by atoms with Gasteiger partial charge in [-0.15, -0.1) is 11.8 Å². The first-order valence-corrected chi connectivity index (χ1v) is 8.01. The molecule has 0 aromatic heterocycles. The number of ether oxygens (including phenoxy) is 1. The zero-order valence-electron chi connectivity index (χ0n) is 11.6. The highest BCUT2D eigenvalue weighted by Crippen LogP contribution is 2.39. The van der Waals surface area contributed by atoms with E-state index in [9.17, 15) is 0 Å². The normalized spacial score (nSPS) is 15.1. The molecule has 0 unspecified atom stereocenters. The zero-order chi connectivity index (χ0) is 13.8. The highest BCUT2D eigenvalue weighted by atomic mass is 32.2. The van der Waals surface area contributed by atoms with E-state index in [0.717, 1.165) is 30.1 Å². The van der Waals surface area contributed by atoms with E-state index in [2.05, 4.69) is 55.5 Å². The highest BCUT2D eigenvalue weighted by Gasteiger charge is 2.17. The van der Waals surface area contributed by atoms with E-state index in [1.165, 1.54) is 16.0 Å². The standard InChI is InChI=1S/C18H18OS/c1-2-14-8-10-16(11-9-14)18-17(19-12-13-20-18)15-6-4-3-5-7-15/h3-11H,2,12-13H2,1H3. The molecule has 2 aromatic carbocycles. The largest absolute Gasteiger partial charge is 0.491 e. The molecule has 3 rings (SSSR count). The van der Waals surface area contributed by atoms with Gasteiger partial charge in [-0.25, -0.2) is 0 Å². The predicted molar refractivity (Wildman–Crippen MR) is 87.5 cm³/mol. The third-order valence-electron chi connectivity index (χ3n) is 3.44. The Labute approximate surface area is 124 Å². The molecule has 0 saturated heterocycles. The monoisotopic (exact) mass is 282 g/mol. The van der Waals surface area contributed by atoms with Crippen LogP contribution in [0.5, 0.6) is 0 Å². The number of hydrogen-bond acceptors (Lipinski definition) is 2. The minimum atomic E-state index is 0.783. The second-order valence-corrected chi connectivity index (χ2v) is 5.88. The highest BCUT2D eigenvalue weighted by molar-refractivity contribution is 8.08. The molecule has 20 heavy (non-hydrogen) atoms. The van der Waals surface area contributed by atoms with E-state index in [1.54, 1.807) is 0 Å². The van der Waals surface area contributed by atoms with Gasteiger partial charge in [-0.2, -0.15) is 0 Å². The summed E-state index contributed by atoms with van der Waals surface area (Å²) in [6.07, 6.45) is 1.08. The average molecular weight is 282 g/mol. The maximum atomic E-state index is 5.95. The molecule has 2 aromatic rings. The second kappa shape index (κ2) is 6.19. The fourth-order valence-electron chi connectivity index (χ4n) is 2.33. The smallest absolute Gasteiger partial charge is 0.140 e. The van der Waals surface area contributed by atoms with Crippen molar-refractivity contribution in [2.24, 2.45) is 0 Å². The lowest BCUT2D eigenvalue weighted by Crippen LogP contribution is -2.05. The summed E-state index contributed by atoms with van der Waals surface area (Å²) >= 11 is 1.89. The maximum absolute atomic E-state index is 5.95. The van der Waals surface area contributed by atoms with Crippen molar-refractivity contribution in [3.63, 3.8) is 0 Å². The summed E-state index contributed by atoms with van der Waals surface area (Å²) < 4.78 is 5.95. The molecule has 0 spiro atoms. The predicted octanol–water partition coefficient (Wildman–Crippen LogP) is 4.84. The zero-order valence-corrected chi connectivity index (χ0v) is 12.5. The Hall–Kier alpha value is -1.67. The van der Waals surface area contributed by atoms with Crippen molar-refractivity contribution in [3.8, 4) is 0 Å². The van der Waals surface area contributed by atoms with Crippen LogP contribution >= 0.6 is 11.8 Å². The van der Waals surface area contributed by atoms with Crippen molar-refractivity contribution >= 4 is 22.4 Å². The third kappa shape index (κ3) is 2.75. The van der Waals surface area contributed by atoms with Crippen LogP contribution in [0.3, 0.4) is 0 Å². The van der Waals surface area contributed by atoms with E-state index in [0.29, 0.717) is 0 Å². The van der Waals surface area contributed by atoms with Crippen LogP contribution in [-0.4, -0.2) is 12.4 Å². The lowest BCUT2D eigenvalue weighted by atomic mass is 10.1. The first-order chi connectivity index (χ1) is 9.88. The van der Waals surface area contributed by atoms with Crippen molar-refractivity contribution in [1.82, 2.24) is 0 Å². The molecule has 0 aliphatic carbocycles. The van der Waals surface area contributed by atoms with Crippen LogP contribution in [0.2, 0.25) is 0 Å². The molecule has 2 heteroatoms. The molecular weight excluding hydrogens is 264 g/mol. The van der Waals surface area contributed by atoms with Crippen LogP contribution in [0.4, 0.5) is 0 Å². The molecule has 102 valence electrons. The van der Waals surface area contributed by atoms with Gasteiger partial charge in [0.15, 0.2) is 0 Å². The van der Waals surface area contributed by atoms with Gasteiger partial charge in [-0.1, -0.05) is 61.5 Å². The molecule has 1 aliphatic heterocycles. The number of thioether (sulfide) groups is 1. The van der Waals surface area contributed by atoms with E-state index in [-0.39, 0.29) is 0 Å². The Balaban J connectivity index is 2.04. The van der Waals surface area contributed by atoms with Gasteiger partial charge >= 0.3 is 0 Å². The van der Waals surface area contributed by atoms with Crippen molar-refractivity contribution in [1.29, 1.82) is 0 Å². The van der Waals surface area contributed by atoms with E-state index >= 15 is 0 Å². The Morgan fingerprint density at radius 2 is 1.70 bits per heavy atom. The Morgan fingerprint density at radius 3 is 2.40 bits per heavy atom. The topological polar surface area (TPSA) is 9.23 Å². The summed E-state index contributed by atoms with van der Waals surface area (Å²) in [5, 5.41) is 0. The van der Waals surface area contributed by atoms with E-state index in [4.69, 9.17) is 4.74 Å². The lowest BCUT2D eigenvalue weighted by Gasteiger charge is -2.21.